The quantitative estimate of drug-likeness (QED) is 0.559. The van der Waals surface area contributed by atoms with Crippen LogP contribution in [0.4, 0.5) is 0 Å². The van der Waals surface area contributed by atoms with Gasteiger partial charge < -0.3 is 5.32 Å². The van der Waals surface area contributed by atoms with E-state index in [4.69, 9.17) is 0 Å². The molecular formula is C28H32N2O. The lowest BCUT2D eigenvalue weighted by atomic mass is 9.94. The number of piperidine rings is 1. The van der Waals surface area contributed by atoms with E-state index in [0.717, 1.165) is 30.1 Å². The van der Waals surface area contributed by atoms with Gasteiger partial charge in [-0.15, -0.1) is 0 Å². The van der Waals surface area contributed by atoms with Crippen LogP contribution in [0.3, 0.4) is 0 Å². The Balaban J connectivity index is 1.49. The van der Waals surface area contributed by atoms with Gasteiger partial charge in [0.2, 0.25) is 0 Å². The highest BCUT2D eigenvalue weighted by atomic mass is 16.1. The van der Waals surface area contributed by atoms with Crippen molar-refractivity contribution in [3.63, 3.8) is 0 Å². The minimum atomic E-state index is -0.176. The topological polar surface area (TPSA) is 32.3 Å². The Hall–Kier alpha value is -2.91. The summed E-state index contributed by atoms with van der Waals surface area (Å²) in [5, 5.41) is 3.26. The summed E-state index contributed by atoms with van der Waals surface area (Å²) in [4.78, 5) is 15.7. The number of carbonyl (C=O) groups is 1. The number of hydrogen-bond acceptors (Lipinski definition) is 2. The summed E-state index contributed by atoms with van der Waals surface area (Å²) in [5.74, 6) is 0.727. The molecule has 0 saturated carbocycles. The molecule has 1 fully saturated rings. The lowest BCUT2D eigenvalue weighted by molar-refractivity contribution is 0.0943. The van der Waals surface area contributed by atoms with Crippen LogP contribution >= 0.6 is 0 Å². The third-order valence-electron chi connectivity index (χ3n) is 6.27. The molecule has 160 valence electrons. The van der Waals surface area contributed by atoms with Crippen molar-refractivity contribution in [3.8, 4) is 0 Å². The molecule has 2 atom stereocenters. The molecule has 1 heterocycles. The molecule has 1 aliphatic rings. The summed E-state index contributed by atoms with van der Waals surface area (Å²) in [6, 6.07) is 26.3. The number of aryl methyl sites for hydroxylation is 1. The molecule has 1 N–H and O–H groups in total. The molecule has 1 saturated heterocycles. The van der Waals surface area contributed by atoms with Gasteiger partial charge in [0.25, 0.3) is 5.91 Å². The van der Waals surface area contributed by atoms with Gasteiger partial charge in [-0.2, -0.15) is 0 Å². The Morgan fingerprint density at radius 2 is 1.71 bits per heavy atom. The van der Waals surface area contributed by atoms with E-state index in [0.29, 0.717) is 5.56 Å². The highest BCUT2D eigenvalue weighted by molar-refractivity contribution is 5.94. The predicted molar refractivity (Wildman–Crippen MR) is 127 cm³/mol. The average Bonchev–Trinajstić information content (AvgIpc) is 2.79. The van der Waals surface area contributed by atoms with Gasteiger partial charge >= 0.3 is 0 Å². The fourth-order valence-corrected chi connectivity index (χ4v) is 4.56. The first-order valence-corrected chi connectivity index (χ1v) is 11.3. The molecule has 3 aromatic rings. The van der Waals surface area contributed by atoms with E-state index in [2.05, 4.69) is 60.5 Å². The highest BCUT2D eigenvalue weighted by Gasteiger charge is 2.20. The van der Waals surface area contributed by atoms with Crippen LogP contribution in [0.15, 0.2) is 78.9 Å². The van der Waals surface area contributed by atoms with Gasteiger partial charge in [0.1, 0.15) is 0 Å². The Bertz CT molecular complexity index is 997. The van der Waals surface area contributed by atoms with Gasteiger partial charge in [-0.05, 0) is 66.6 Å². The monoisotopic (exact) mass is 412 g/mol. The Morgan fingerprint density at radius 1 is 1.00 bits per heavy atom. The van der Waals surface area contributed by atoms with E-state index in [-0.39, 0.29) is 11.9 Å². The Morgan fingerprint density at radius 3 is 2.42 bits per heavy atom. The van der Waals surface area contributed by atoms with Crippen LogP contribution in [0.5, 0.6) is 0 Å². The van der Waals surface area contributed by atoms with E-state index in [9.17, 15) is 4.79 Å². The fraction of sp³-hybridized carbons (Fsp3) is 0.321. The largest absolute Gasteiger partial charge is 0.341 e. The molecule has 0 radical (unpaired) electrons. The summed E-state index contributed by atoms with van der Waals surface area (Å²) in [5.41, 5.74) is 5.34. The summed E-state index contributed by atoms with van der Waals surface area (Å²) >= 11 is 0. The first-order chi connectivity index (χ1) is 15.1. The summed E-state index contributed by atoms with van der Waals surface area (Å²) in [7, 11) is 0. The van der Waals surface area contributed by atoms with Crippen LogP contribution in [0.1, 0.15) is 58.4 Å². The van der Waals surface area contributed by atoms with Crippen LogP contribution in [-0.2, 0) is 6.54 Å². The number of hydrogen-bond donors (Lipinski definition) is 1. The van der Waals surface area contributed by atoms with E-state index >= 15 is 0 Å². The molecule has 0 unspecified atom stereocenters. The van der Waals surface area contributed by atoms with Gasteiger partial charge in [0.05, 0.1) is 6.04 Å². The number of nitrogens with zero attached hydrogens (tertiary/aromatic N) is 1. The molecule has 0 aromatic heterocycles. The van der Waals surface area contributed by atoms with Gasteiger partial charge in [-0.1, -0.05) is 73.7 Å². The zero-order chi connectivity index (χ0) is 21.6. The molecular weight excluding hydrogens is 380 g/mol. The molecule has 4 rings (SSSR count). The third kappa shape index (κ3) is 5.42. The molecule has 0 bridgehead atoms. The Labute approximate surface area is 186 Å². The lowest BCUT2D eigenvalue weighted by Gasteiger charge is -2.30. The zero-order valence-electron chi connectivity index (χ0n) is 18.6. The average molecular weight is 413 g/mol. The number of nitrogens with one attached hydrogen (secondary N) is 1. The van der Waals surface area contributed by atoms with E-state index in [1.54, 1.807) is 0 Å². The standard InChI is InChI=1S/C28H32N2O/c1-21-9-8-18-30(19-21)20-23-14-16-25(17-15-23)28(31)29-27(24-11-4-3-5-12-24)26-13-7-6-10-22(26)2/h3-7,10-17,21,27H,8-9,18-20H2,1-2H3,(H,29,31)/t21-,27+/m1/s1. The highest BCUT2D eigenvalue weighted by Crippen LogP contribution is 2.25. The molecule has 31 heavy (non-hydrogen) atoms. The van der Waals surface area contributed by atoms with Crippen molar-refractivity contribution >= 4 is 5.91 Å². The van der Waals surface area contributed by atoms with Gasteiger partial charge in [0.15, 0.2) is 0 Å². The van der Waals surface area contributed by atoms with Gasteiger partial charge in [-0.3, -0.25) is 9.69 Å². The number of likely N-dealkylation sites (tertiary alicyclic amines) is 1. The van der Waals surface area contributed by atoms with Crippen LogP contribution < -0.4 is 5.32 Å². The van der Waals surface area contributed by atoms with Crippen molar-refractivity contribution in [2.24, 2.45) is 5.92 Å². The molecule has 0 spiro atoms. The van der Waals surface area contributed by atoms with Crippen LogP contribution in [0.25, 0.3) is 0 Å². The summed E-state index contributed by atoms with van der Waals surface area (Å²) in [6.07, 6.45) is 2.61. The first kappa shape index (κ1) is 21.3. The Kier molecular flexibility index (Phi) is 6.83. The first-order valence-electron chi connectivity index (χ1n) is 11.3. The third-order valence-corrected chi connectivity index (χ3v) is 6.27. The minimum Gasteiger partial charge on any atom is -0.341 e. The fourth-order valence-electron chi connectivity index (χ4n) is 4.56. The second-order valence-electron chi connectivity index (χ2n) is 8.85. The molecule has 3 aromatic carbocycles. The van der Waals surface area contributed by atoms with E-state index in [1.165, 1.54) is 30.5 Å². The van der Waals surface area contributed by atoms with Crippen molar-refractivity contribution in [1.29, 1.82) is 0 Å². The van der Waals surface area contributed by atoms with Crippen molar-refractivity contribution in [2.45, 2.75) is 39.3 Å². The normalized spacial score (nSPS) is 17.8. The van der Waals surface area contributed by atoms with Gasteiger partial charge in [-0.25, -0.2) is 0 Å². The zero-order valence-corrected chi connectivity index (χ0v) is 18.6. The minimum absolute atomic E-state index is 0.0461. The van der Waals surface area contributed by atoms with Crippen molar-refractivity contribution in [3.05, 3.63) is 107 Å². The van der Waals surface area contributed by atoms with E-state index in [1.807, 2.05) is 42.5 Å². The number of amides is 1. The smallest absolute Gasteiger partial charge is 0.252 e. The number of carbonyl (C=O) groups excluding carboxylic acids is 1. The number of benzene rings is 3. The van der Waals surface area contributed by atoms with Crippen molar-refractivity contribution in [1.82, 2.24) is 10.2 Å². The van der Waals surface area contributed by atoms with Crippen molar-refractivity contribution < 1.29 is 4.79 Å². The van der Waals surface area contributed by atoms with Crippen LogP contribution in [-0.4, -0.2) is 23.9 Å². The molecule has 1 amide bonds. The van der Waals surface area contributed by atoms with E-state index < -0.39 is 0 Å². The molecule has 1 aliphatic heterocycles. The predicted octanol–water partition coefficient (Wildman–Crippen LogP) is 5.75. The maximum atomic E-state index is 13.1. The van der Waals surface area contributed by atoms with Crippen LogP contribution in [0.2, 0.25) is 0 Å². The molecule has 3 nitrogen and oxygen atoms in total. The second kappa shape index (κ2) is 9.93. The number of rotatable bonds is 6. The lowest BCUT2D eigenvalue weighted by Crippen LogP contribution is -2.33. The van der Waals surface area contributed by atoms with Crippen LogP contribution in [0, 0.1) is 12.8 Å². The summed E-state index contributed by atoms with van der Waals surface area (Å²) < 4.78 is 0. The van der Waals surface area contributed by atoms with Gasteiger partial charge in [0, 0.05) is 18.7 Å². The van der Waals surface area contributed by atoms with Crippen molar-refractivity contribution in [2.75, 3.05) is 13.1 Å². The summed E-state index contributed by atoms with van der Waals surface area (Å²) in [6.45, 7) is 7.71. The maximum absolute atomic E-state index is 13.1. The SMILES string of the molecule is Cc1ccccc1[C@@H](NC(=O)c1ccc(CN2CCC[C@@H](C)C2)cc1)c1ccccc1. The molecule has 3 heteroatoms. The maximum Gasteiger partial charge on any atom is 0.252 e. The second-order valence-corrected chi connectivity index (χ2v) is 8.85. The molecule has 0 aliphatic carbocycles.